The van der Waals surface area contributed by atoms with Gasteiger partial charge in [-0.05, 0) is 30.5 Å². The van der Waals surface area contributed by atoms with Gasteiger partial charge in [0.1, 0.15) is 5.75 Å². The van der Waals surface area contributed by atoms with Crippen LogP contribution in [0.1, 0.15) is 12.0 Å². The Morgan fingerprint density at radius 2 is 1.72 bits per heavy atom. The molecule has 0 saturated heterocycles. The third-order valence-electron chi connectivity index (χ3n) is 2.91. The van der Waals surface area contributed by atoms with Gasteiger partial charge in [-0.3, -0.25) is 11.3 Å². The molecule has 1 rings (SSSR count). The number of rotatable bonds is 8. The monoisotopic (exact) mass is 254 g/mol. The molecule has 5 nitrogen and oxygen atoms in total. The van der Waals surface area contributed by atoms with Crippen LogP contribution in [-0.2, 0) is 15.9 Å². The molecule has 0 aliphatic rings. The maximum Gasteiger partial charge on any atom is 0.173 e. The Morgan fingerprint density at radius 1 is 1.11 bits per heavy atom. The molecule has 1 aromatic carbocycles. The van der Waals surface area contributed by atoms with Gasteiger partial charge in [0.25, 0.3) is 0 Å². The molecular formula is C13H22N2O3. The first-order chi connectivity index (χ1) is 8.74. The van der Waals surface area contributed by atoms with Gasteiger partial charge < -0.3 is 14.2 Å². The molecule has 0 spiro atoms. The van der Waals surface area contributed by atoms with Crippen LogP contribution in [-0.4, -0.2) is 33.7 Å². The van der Waals surface area contributed by atoms with Crippen molar-refractivity contribution in [3.8, 4) is 5.75 Å². The van der Waals surface area contributed by atoms with Gasteiger partial charge in [0, 0.05) is 14.2 Å². The van der Waals surface area contributed by atoms with Crippen molar-refractivity contribution >= 4 is 0 Å². The summed E-state index contributed by atoms with van der Waals surface area (Å²) in [6.07, 6.45) is 1.38. The quantitative estimate of drug-likeness (QED) is 0.413. The van der Waals surface area contributed by atoms with E-state index in [0.717, 1.165) is 18.6 Å². The Balaban J connectivity index is 2.51. The van der Waals surface area contributed by atoms with Crippen molar-refractivity contribution in [1.82, 2.24) is 5.43 Å². The minimum atomic E-state index is -0.340. The molecule has 0 aliphatic carbocycles. The molecule has 0 bridgehead atoms. The van der Waals surface area contributed by atoms with Crippen molar-refractivity contribution in [2.75, 3.05) is 21.3 Å². The van der Waals surface area contributed by atoms with E-state index in [9.17, 15) is 0 Å². The van der Waals surface area contributed by atoms with Crippen molar-refractivity contribution in [1.29, 1.82) is 0 Å². The van der Waals surface area contributed by atoms with Gasteiger partial charge in [0.2, 0.25) is 0 Å². The van der Waals surface area contributed by atoms with Gasteiger partial charge in [-0.2, -0.15) is 0 Å². The number of benzene rings is 1. The van der Waals surface area contributed by atoms with E-state index >= 15 is 0 Å². The lowest BCUT2D eigenvalue weighted by Crippen LogP contribution is -2.46. The molecule has 18 heavy (non-hydrogen) atoms. The first-order valence-corrected chi connectivity index (χ1v) is 5.89. The highest BCUT2D eigenvalue weighted by atomic mass is 16.7. The number of hydrogen-bond donors (Lipinski definition) is 2. The molecule has 1 unspecified atom stereocenters. The largest absolute Gasteiger partial charge is 0.497 e. The second-order valence-corrected chi connectivity index (χ2v) is 4.00. The predicted octanol–water partition coefficient (Wildman–Crippen LogP) is 1.08. The number of hydrazine groups is 1. The minimum absolute atomic E-state index is 0.0397. The topological polar surface area (TPSA) is 65.7 Å². The summed E-state index contributed by atoms with van der Waals surface area (Å²) < 4.78 is 15.5. The van der Waals surface area contributed by atoms with Gasteiger partial charge in [0.05, 0.1) is 13.2 Å². The summed E-state index contributed by atoms with van der Waals surface area (Å²) >= 11 is 0. The molecular weight excluding hydrogens is 232 g/mol. The predicted molar refractivity (Wildman–Crippen MR) is 70.2 cm³/mol. The third-order valence-corrected chi connectivity index (χ3v) is 2.91. The number of nitrogens with one attached hydrogen (secondary N) is 1. The summed E-state index contributed by atoms with van der Waals surface area (Å²) in [4.78, 5) is 0. The Labute approximate surface area is 108 Å². The maximum atomic E-state index is 5.50. The normalized spacial score (nSPS) is 12.7. The first kappa shape index (κ1) is 14.9. The van der Waals surface area contributed by atoms with Gasteiger partial charge in [-0.25, -0.2) is 0 Å². The Kier molecular flexibility index (Phi) is 6.67. The van der Waals surface area contributed by atoms with Crippen molar-refractivity contribution < 1.29 is 14.2 Å². The molecule has 0 fully saturated rings. The summed E-state index contributed by atoms with van der Waals surface area (Å²) in [5.74, 6) is 6.36. The van der Waals surface area contributed by atoms with Crippen LogP contribution in [0.5, 0.6) is 5.75 Å². The van der Waals surface area contributed by atoms with E-state index in [1.165, 1.54) is 5.56 Å². The molecule has 0 aliphatic heterocycles. The molecule has 1 aromatic rings. The molecule has 0 aromatic heterocycles. The van der Waals surface area contributed by atoms with Crippen LogP contribution in [0.4, 0.5) is 0 Å². The average Bonchev–Trinajstić information content (AvgIpc) is 2.44. The Morgan fingerprint density at radius 3 is 2.17 bits per heavy atom. The van der Waals surface area contributed by atoms with Gasteiger partial charge in [-0.1, -0.05) is 12.1 Å². The van der Waals surface area contributed by atoms with Gasteiger partial charge >= 0.3 is 0 Å². The van der Waals surface area contributed by atoms with Crippen LogP contribution >= 0.6 is 0 Å². The molecule has 102 valence electrons. The zero-order valence-electron chi connectivity index (χ0n) is 11.2. The molecule has 1 atom stereocenters. The van der Waals surface area contributed by atoms with Crippen molar-refractivity contribution in [3.63, 3.8) is 0 Å². The lowest BCUT2D eigenvalue weighted by Gasteiger charge is -2.23. The number of nitrogens with two attached hydrogens (primary N) is 1. The van der Waals surface area contributed by atoms with Crippen LogP contribution < -0.4 is 16.0 Å². The smallest absolute Gasteiger partial charge is 0.173 e. The molecule has 3 N–H and O–H groups in total. The zero-order chi connectivity index (χ0) is 13.4. The lowest BCUT2D eigenvalue weighted by atomic mass is 10.1. The van der Waals surface area contributed by atoms with E-state index in [1.54, 1.807) is 21.3 Å². The fourth-order valence-electron chi connectivity index (χ4n) is 1.84. The van der Waals surface area contributed by atoms with Crippen LogP contribution in [0.25, 0.3) is 0 Å². The van der Waals surface area contributed by atoms with Crippen LogP contribution in [0.3, 0.4) is 0 Å². The van der Waals surface area contributed by atoms with E-state index in [1.807, 2.05) is 24.3 Å². The second-order valence-electron chi connectivity index (χ2n) is 4.00. The molecule has 0 amide bonds. The maximum absolute atomic E-state index is 5.50. The van der Waals surface area contributed by atoms with E-state index in [0.29, 0.717) is 0 Å². The van der Waals surface area contributed by atoms with E-state index < -0.39 is 0 Å². The SMILES string of the molecule is COc1ccc(CCC(NN)C(OC)OC)cc1. The third kappa shape index (κ3) is 4.27. The number of hydrogen-bond acceptors (Lipinski definition) is 5. The van der Waals surface area contributed by atoms with Gasteiger partial charge in [-0.15, -0.1) is 0 Å². The minimum Gasteiger partial charge on any atom is -0.497 e. The lowest BCUT2D eigenvalue weighted by molar-refractivity contribution is -0.124. The van der Waals surface area contributed by atoms with E-state index in [4.69, 9.17) is 20.1 Å². The van der Waals surface area contributed by atoms with Crippen molar-refractivity contribution in [2.45, 2.75) is 25.2 Å². The average molecular weight is 254 g/mol. The summed E-state index contributed by atoms with van der Waals surface area (Å²) in [7, 11) is 4.86. The number of methoxy groups -OCH3 is 3. The molecule has 0 radical (unpaired) electrons. The second kappa shape index (κ2) is 8.05. The Bertz CT molecular complexity index is 326. The highest BCUT2D eigenvalue weighted by Crippen LogP contribution is 2.14. The summed E-state index contributed by atoms with van der Waals surface area (Å²) in [5, 5.41) is 0. The van der Waals surface area contributed by atoms with Crippen LogP contribution in [0, 0.1) is 0 Å². The fraction of sp³-hybridized carbons (Fsp3) is 0.538. The molecule has 5 heteroatoms. The van der Waals surface area contributed by atoms with E-state index in [2.05, 4.69) is 5.43 Å². The first-order valence-electron chi connectivity index (χ1n) is 5.89. The highest BCUT2D eigenvalue weighted by molar-refractivity contribution is 5.27. The fourth-order valence-corrected chi connectivity index (χ4v) is 1.84. The van der Waals surface area contributed by atoms with Crippen LogP contribution in [0.15, 0.2) is 24.3 Å². The summed E-state index contributed by atoms with van der Waals surface area (Å²) in [5.41, 5.74) is 3.95. The van der Waals surface area contributed by atoms with Gasteiger partial charge in [0.15, 0.2) is 6.29 Å². The van der Waals surface area contributed by atoms with Crippen LogP contribution in [0.2, 0.25) is 0 Å². The summed E-state index contributed by atoms with van der Waals surface area (Å²) in [6, 6.07) is 7.94. The molecule has 0 saturated carbocycles. The Hall–Kier alpha value is -1.14. The zero-order valence-corrected chi connectivity index (χ0v) is 11.2. The number of ether oxygens (including phenoxy) is 3. The summed E-state index contributed by atoms with van der Waals surface area (Å²) in [6.45, 7) is 0. The van der Waals surface area contributed by atoms with Crippen molar-refractivity contribution in [2.24, 2.45) is 5.84 Å². The highest BCUT2D eigenvalue weighted by Gasteiger charge is 2.19. The standard InChI is InChI=1S/C13H22N2O3/c1-16-11-7-4-10(5-8-11)6-9-12(15-14)13(17-2)18-3/h4-5,7-8,12-13,15H,6,9,14H2,1-3H3. The van der Waals surface area contributed by atoms with E-state index in [-0.39, 0.29) is 12.3 Å². The van der Waals surface area contributed by atoms with Crippen molar-refractivity contribution in [3.05, 3.63) is 29.8 Å². The number of aryl methyl sites for hydroxylation is 1. The molecule has 0 heterocycles.